The van der Waals surface area contributed by atoms with E-state index in [0.29, 0.717) is 24.2 Å². The second-order valence-electron chi connectivity index (χ2n) is 5.88. The zero-order valence-corrected chi connectivity index (χ0v) is 14.7. The van der Waals surface area contributed by atoms with Crippen LogP contribution in [0.1, 0.15) is 53.8 Å². The van der Waals surface area contributed by atoms with Crippen LogP contribution in [0, 0.1) is 0 Å². The average molecular weight is 343 g/mol. The Hall–Kier alpha value is -2.21. The van der Waals surface area contributed by atoms with Crippen LogP contribution in [0.3, 0.4) is 0 Å². The number of thiazole rings is 1. The van der Waals surface area contributed by atoms with Crippen molar-refractivity contribution in [3.63, 3.8) is 0 Å². The molecule has 5 nitrogen and oxygen atoms in total. The Labute approximate surface area is 145 Å². The van der Waals surface area contributed by atoms with E-state index in [4.69, 9.17) is 0 Å². The molecule has 1 N–H and O–H groups in total. The number of aryl methyl sites for hydroxylation is 1. The van der Waals surface area contributed by atoms with Gasteiger partial charge in [0.25, 0.3) is 5.91 Å². The summed E-state index contributed by atoms with van der Waals surface area (Å²) < 4.78 is 0. The SMILES string of the molecule is CCc1nc(C(C)NC(=O)c2ccccc2N2CCCC2=O)cs1. The van der Waals surface area contributed by atoms with E-state index in [1.807, 2.05) is 30.5 Å². The normalized spacial score (nSPS) is 15.6. The Morgan fingerprint density at radius 1 is 1.42 bits per heavy atom. The van der Waals surface area contributed by atoms with E-state index in [9.17, 15) is 9.59 Å². The molecule has 0 saturated carbocycles. The van der Waals surface area contributed by atoms with Crippen molar-refractivity contribution in [1.82, 2.24) is 10.3 Å². The third kappa shape index (κ3) is 3.33. The molecule has 0 aliphatic carbocycles. The summed E-state index contributed by atoms with van der Waals surface area (Å²) in [5.74, 6) is -0.0979. The lowest BCUT2D eigenvalue weighted by Gasteiger charge is -2.20. The van der Waals surface area contributed by atoms with Crippen LogP contribution in [-0.2, 0) is 11.2 Å². The first-order chi connectivity index (χ1) is 11.6. The summed E-state index contributed by atoms with van der Waals surface area (Å²) in [5.41, 5.74) is 2.10. The third-order valence-electron chi connectivity index (χ3n) is 4.18. The summed E-state index contributed by atoms with van der Waals surface area (Å²) in [6.45, 7) is 4.66. The van der Waals surface area contributed by atoms with E-state index in [1.54, 1.807) is 22.3 Å². The van der Waals surface area contributed by atoms with Crippen molar-refractivity contribution in [2.75, 3.05) is 11.4 Å². The van der Waals surface area contributed by atoms with Crippen LogP contribution < -0.4 is 10.2 Å². The number of anilines is 1. The Balaban J connectivity index is 1.79. The highest BCUT2D eigenvalue weighted by molar-refractivity contribution is 7.09. The first-order valence-electron chi connectivity index (χ1n) is 8.24. The lowest BCUT2D eigenvalue weighted by atomic mass is 10.1. The van der Waals surface area contributed by atoms with Gasteiger partial charge in [0.2, 0.25) is 5.91 Å². The molecule has 1 fully saturated rings. The van der Waals surface area contributed by atoms with Crippen LogP contribution in [0.15, 0.2) is 29.6 Å². The number of hydrogen-bond acceptors (Lipinski definition) is 4. The van der Waals surface area contributed by atoms with Crippen LogP contribution in [0.2, 0.25) is 0 Å². The Kier molecular flexibility index (Phi) is 4.94. The lowest BCUT2D eigenvalue weighted by Crippen LogP contribution is -2.31. The number of carbonyl (C=O) groups excluding carboxylic acids is 2. The fourth-order valence-corrected chi connectivity index (χ4v) is 3.68. The molecule has 0 bridgehead atoms. The second-order valence-corrected chi connectivity index (χ2v) is 6.82. The summed E-state index contributed by atoms with van der Waals surface area (Å²) in [6.07, 6.45) is 2.28. The first kappa shape index (κ1) is 16.6. The minimum absolute atomic E-state index is 0.0791. The number of para-hydroxylation sites is 1. The summed E-state index contributed by atoms with van der Waals surface area (Å²) in [4.78, 5) is 31.0. The number of hydrogen-bond donors (Lipinski definition) is 1. The van der Waals surface area contributed by atoms with Crippen LogP contribution >= 0.6 is 11.3 Å². The first-order valence-corrected chi connectivity index (χ1v) is 9.12. The zero-order chi connectivity index (χ0) is 17.1. The van der Waals surface area contributed by atoms with Crippen molar-refractivity contribution in [2.45, 2.75) is 39.2 Å². The number of nitrogens with one attached hydrogen (secondary N) is 1. The van der Waals surface area contributed by atoms with Gasteiger partial charge in [0, 0.05) is 18.3 Å². The number of benzene rings is 1. The monoisotopic (exact) mass is 343 g/mol. The number of nitrogens with zero attached hydrogens (tertiary/aromatic N) is 2. The van der Waals surface area contributed by atoms with Gasteiger partial charge in [-0.1, -0.05) is 19.1 Å². The van der Waals surface area contributed by atoms with Crippen LogP contribution in [0.25, 0.3) is 0 Å². The maximum absolute atomic E-state index is 12.7. The molecule has 1 aromatic heterocycles. The molecule has 126 valence electrons. The molecule has 0 spiro atoms. The molecule has 1 saturated heterocycles. The van der Waals surface area contributed by atoms with E-state index in [2.05, 4.69) is 17.2 Å². The molecule has 2 aromatic rings. The number of amides is 2. The Bertz CT molecular complexity index is 756. The van der Waals surface area contributed by atoms with Gasteiger partial charge in [-0.05, 0) is 31.9 Å². The third-order valence-corrected chi connectivity index (χ3v) is 5.19. The lowest BCUT2D eigenvalue weighted by molar-refractivity contribution is -0.117. The maximum Gasteiger partial charge on any atom is 0.253 e. The van der Waals surface area contributed by atoms with Crippen molar-refractivity contribution >= 4 is 28.8 Å². The fraction of sp³-hybridized carbons (Fsp3) is 0.389. The van der Waals surface area contributed by atoms with Crippen LogP contribution in [-0.4, -0.2) is 23.3 Å². The molecule has 1 atom stereocenters. The summed E-state index contributed by atoms with van der Waals surface area (Å²) in [6, 6.07) is 7.11. The molecule has 2 heterocycles. The second kappa shape index (κ2) is 7.13. The van der Waals surface area contributed by atoms with Gasteiger partial charge in [0.1, 0.15) is 0 Å². The largest absolute Gasteiger partial charge is 0.344 e. The number of aromatic nitrogens is 1. The van der Waals surface area contributed by atoms with Crippen LogP contribution in [0.4, 0.5) is 5.69 Å². The molecule has 1 aliphatic heterocycles. The predicted octanol–water partition coefficient (Wildman–Crippen LogP) is 3.32. The van der Waals surface area contributed by atoms with Crippen molar-refractivity contribution in [3.8, 4) is 0 Å². The molecule has 1 aromatic carbocycles. The fourth-order valence-electron chi connectivity index (χ4n) is 2.84. The molecule has 1 aliphatic rings. The standard InChI is InChI=1S/C18H21N3O2S/c1-3-16-20-14(11-24-16)12(2)19-18(23)13-7-4-5-8-15(13)21-10-6-9-17(21)22/h4-5,7-8,11-12H,3,6,9-10H2,1-2H3,(H,19,23). The molecule has 6 heteroatoms. The molecular formula is C18H21N3O2S. The molecular weight excluding hydrogens is 322 g/mol. The van der Waals surface area contributed by atoms with Gasteiger partial charge in [0.15, 0.2) is 0 Å². The maximum atomic E-state index is 12.7. The Morgan fingerprint density at radius 2 is 2.21 bits per heavy atom. The molecule has 24 heavy (non-hydrogen) atoms. The number of carbonyl (C=O) groups is 2. The molecule has 0 radical (unpaired) electrons. The van der Waals surface area contributed by atoms with Gasteiger partial charge in [-0.25, -0.2) is 4.98 Å². The van der Waals surface area contributed by atoms with Crippen LogP contribution in [0.5, 0.6) is 0 Å². The minimum atomic E-state index is -0.177. The van der Waals surface area contributed by atoms with Gasteiger partial charge in [-0.15, -0.1) is 11.3 Å². The van der Waals surface area contributed by atoms with Crippen molar-refractivity contribution in [1.29, 1.82) is 0 Å². The van der Waals surface area contributed by atoms with Gasteiger partial charge < -0.3 is 10.2 Å². The predicted molar refractivity (Wildman–Crippen MR) is 95.4 cm³/mol. The summed E-state index contributed by atoms with van der Waals surface area (Å²) in [7, 11) is 0. The van der Waals surface area contributed by atoms with E-state index in [0.717, 1.165) is 23.5 Å². The van der Waals surface area contributed by atoms with Crippen molar-refractivity contribution in [3.05, 3.63) is 45.9 Å². The van der Waals surface area contributed by atoms with E-state index >= 15 is 0 Å². The summed E-state index contributed by atoms with van der Waals surface area (Å²) >= 11 is 1.61. The smallest absolute Gasteiger partial charge is 0.253 e. The highest BCUT2D eigenvalue weighted by Crippen LogP contribution is 2.26. The topological polar surface area (TPSA) is 62.3 Å². The van der Waals surface area contributed by atoms with E-state index in [1.165, 1.54) is 0 Å². The zero-order valence-electron chi connectivity index (χ0n) is 13.9. The van der Waals surface area contributed by atoms with Gasteiger partial charge in [-0.2, -0.15) is 0 Å². The average Bonchev–Trinajstić information content (AvgIpc) is 3.23. The quantitative estimate of drug-likeness (QED) is 0.906. The molecule has 3 rings (SSSR count). The Morgan fingerprint density at radius 3 is 2.88 bits per heavy atom. The van der Waals surface area contributed by atoms with Gasteiger partial charge in [0.05, 0.1) is 28.0 Å². The van der Waals surface area contributed by atoms with Crippen molar-refractivity contribution < 1.29 is 9.59 Å². The molecule has 1 unspecified atom stereocenters. The number of rotatable bonds is 5. The van der Waals surface area contributed by atoms with Gasteiger partial charge >= 0.3 is 0 Å². The minimum Gasteiger partial charge on any atom is -0.344 e. The molecule has 2 amide bonds. The highest BCUT2D eigenvalue weighted by atomic mass is 32.1. The highest BCUT2D eigenvalue weighted by Gasteiger charge is 2.26. The van der Waals surface area contributed by atoms with E-state index < -0.39 is 0 Å². The van der Waals surface area contributed by atoms with Crippen molar-refractivity contribution in [2.24, 2.45) is 0 Å². The summed E-state index contributed by atoms with van der Waals surface area (Å²) in [5, 5.41) is 6.05. The van der Waals surface area contributed by atoms with E-state index in [-0.39, 0.29) is 17.9 Å². The van der Waals surface area contributed by atoms with Gasteiger partial charge in [-0.3, -0.25) is 9.59 Å².